The predicted octanol–water partition coefficient (Wildman–Crippen LogP) is 5.43. The van der Waals surface area contributed by atoms with Gasteiger partial charge in [0.05, 0.1) is 7.11 Å². The van der Waals surface area contributed by atoms with E-state index in [4.69, 9.17) is 13.9 Å². The van der Waals surface area contributed by atoms with Crippen LogP contribution >= 0.6 is 0 Å². The lowest BCUT2D eigenvalue weighted by Gasteiger charge is -2.36. The molecule has 7 nitrogen and oxygen atoms in total. The summed E-state index contributed by atoms with van der Waals surface area (Å²) in [4.78, 5) is 37.1. The number of Topliss-reactive ketones (excluding diaryl/α,β-unsaturated/α-hetero) is 1. The molecule has 0 radical (unpaired) electrons. The summed E-state index contributed by atoms with van der Waals surface area (Å²) in [6, 6.07) is 5.01. The van der Waals surface area contributed by atoms with Crippen molar-refractivity contribution >= 4 is 32.2 Å². The second-order valence-electron chi connectivity index (χ2n) is 11.3. The van der Waals surface area contributed by atoms with Gasteiger partial charge in [-0.25, -0.2) is 9.59 Å². The minimum atomic E-state index is -1.96. The number of ketones is 1. The number of allylic oxidation sites excluding steroid dienone is 1. The lowest BCUT2D eigenvalue weighted by molar-refractivity contribution is -0.143. The molecular formula is C26H39NO6Si. The van der Waals surface area contributed by atoms with E-state index in [-0.39, 0.29) is 23.7 Å². The molecule has 1 aliphatic rings. The summed E-state index contributed by atoms with van der Waals surface area (Å²) in [6.45, 7) is 16.2. The number of carbonyl (C=O) groups is 3. The van der Waals surface area contributed by atoms with E-state index >= 15 is 0 Å². The number of methoxy groups -OCH3 is 1. The number of esters is 1. The Morgan fingerprint density at radius 3 is 2.29 bits per heavy atom. The fourth-order valence-electron chi connectivity index (χ4n) is 3.29. The monoisotopic (exact) mass is 489 g/mol. The Kier molecular flexibility index (Phi) is 8.40. The van der Waals surface area contributed by atoms with Gasteiger partial charge >= 0.3 is 12.1 Å². The number of amides is 1. The van der Waals surface area contributed by atoms with Gasteiger partial charge in [0, 0.05) is 18.4 Å². The van der Waals surface area contributed by atoms with Crippen molar-refractivity contribution in [2.75, 3.05) is 7.11 Å². The molecule has 1 unspecified atom stereocenters. The van der Waals surface area contributed by atoms with Crippen molar-refractivity contribution in [3.05, 3.63) is 34.9 Å². The molecule has 0 heterocycles. The minimum absolute atomic E-state index is 0.0667. The third kappa shape index (κ3) is 7.45. The molecular weight excluding hydrogens is 450 g/mol. The van der Waals surface area contributed by atoms with E-state index in [1.54, 1.807) is 20.8 Å². The van der Waals surface area contributed by atoms with Gasteiger partial charge in [-0.3, -0.25) is 4.79 Å². The van der Waals surface area contributed by atoms with Crippen LogP contribution in [-0.2, 0) is 25.5 Å². The maximum Gasteiger partial charge on any atom is 0.408 e. The van der Waals surface area contributed by atoms with Crippen LogP contribution in [0.15, 0.2) is 23.8 Å². The normalized spacial score (nSPS) is 14.6. The number of alkyl carbamates (subject to hydrolysis) is 1. The molecule has 1 aliphatic carbocycles. The molecule has 0 bridgehead atoms. The molecule has 8 heteroatoms. The molecule has 34 heavy (non-hydrogen) atoms. The van der Waals surface area contributed by atoms with Gasteiger partial charge in [0.15, 0.2) is 5.78 Å². The number of fused-ring (bicyclic) bond motifs is 1. The van der Waals surface area contributed by atoms with Crippen molar-refractivity contribution in [2.24, 2.45) is 0 Å². The van der Waals surface area contributed by atoms with Gasteiger partial charge in [-0.15, -0.1) is 0 Å². The van der Waals surface area contributed by atoms with E-state index in [1.807, 2.05) is 24.3 Å². The van der Waals surface area contributed by atoms with Gasteiger partial charge in [0.2, 0.25) is 8.32 Å². The van der Waals surface area contributed by atoms with Crippen LogP contribution < -0.4 is 9.74 Å². The Balaban J connectivity index is 2.01. The van der Waals surface area contributed by atoms with Crippen molar-refractivity contribution in [2.45, 2.75) is 90.6 Å². The average molecular weight is 490 g/mol. The number of hydrogen-bond acceptors (Lipinski definition) is 6. The molecule has 0 fully saturated rings. The summed E-state index contributed by atoms with van der Waals surface area (Å²) < 4.78 is 16.4. The van der Waals surface area contributed by atoms with E-state index in [9.17, 15) is 14.4 Å². The number of benzene rings is 1. The number of rotatable bonds is 8. The fourth-order valence-corrected chi connectivity index (χ4v) is 4.31. The third-order valence-electron chi connectivity index (χ3n) is 6.20. The van der Waals surface area contributed by atoms with Gasteiger partial charge in [0.1, 0.15) is 17.4 Å². The van der Waals surface area contributed by atoms with E-state index < -0.39 is 32.0 Å². The maximum atomic E-state index is 12.9. The van der Waals surface area contributed by atoms with E-state index in [2.05, 4.69) is 39.2 Å². The van der Waals surface area contributed by atoms with Crippen LogP contribution in [0.2, 0.25) is 18.1 Å². The highest BCUT2D eigenvalue weighted by molar-refractivity contribution is 6.74. The molecule has 1 amide bonds. The number of carbonyl (C=O) groups excluding carboxylic acids is 3. The zero-order chi connectivity index (χ0) is 25.9. The molecule has 1 aromatic rings. The molecule has 0 aromatic heterocycles. The van der Waals surface area contributed by atoms with E-state index in [0.717, 1.165) is 16.9 Å². The average Bonchev–Trinajstić information content (AvgIpc) is 3.11. The first kappa shape index (κ1) is 27.6. The Labute approximate surface area is 204 Å². The van der Waals surface area contributed by atoms with Gasteiger partial charge in [0.25, 0.3) is 0 Å². The standard InChI is InChI=1S/C26H39NO6Si/c1-25(2,3)32-24(30)27-21(23(29)31-7)12-13-22(28)19-14-17-10-11-20(16-18(17)15-19)33-34(8,9)26(4,5)6/h10-11,14,16,21H,12-13,15H2,1-9H3,(H,27,30). The Morgan fingerprint density at radius 2 is 1.74 bits per heavy atom. The highest BCUT2D eigenvalue weighted by Crippen LogP contribution is 2.38. The second-order valence-corrected chi connectivity index (χ2v) is 16.0. The molecule has 188 valence electrons. The first-order valence-electron chi connectivity index (χ1n) is 11.7. The molecule has 1 atom stereocenters. The van der Waals surface area contributed by atoms with Gasteiger partial charge in [-0.05, 0) is 74.7 Å². The number of hydrogen-bond donors (Lipinski definition) is 1. The summed E-state index contributed by atoms with van der Waals surface area (Å²) in [5, 5.41) is 2.60. The Hall–Kier alpha value is -2.61. The highest BCUT2D eigenvalue weighted by atomic mass is 28.4. The largest absolute Gasteiger partial charge is 0.543 e. The molecule has 1 aromatic carbocycles. The molecule has 0 aliphatic heterocycles. The number of nitrogens with one attached hydrogen (secondary N) is 1. The lowest BCUT2D eigenvalue weighted by atomic mass is 10.0. The van der Waals surface area contributed by atoms with Crippen molar-refractivity contribution in [1.29, 1.82) is 0 Å². The van der Waals surface area contributed by atoms with Crippen LogP contribution in [0.25, 0.3) is 6.08 Å². The molecule has 2 rings (SSSR count). The zero-order valence-electron chi connectivity index (χ0n) is 22.0. The molecule has 1 N–H and O–H groups in total. The summed E-state index contributed by atoms with van der Waals surface area (Å²) in [5.41, 5.74) is 2.03. The number of ether oxygens (including phenoxy) is 2. The Morgan fingerprint density at radius 1 is 1.09 bits per heavy atom. The van der Waals surface area contributed by atoms with Gasteiger partial charge in [-0.1, -0.05) is 26.8 Å². The Bertz CT molecular complexity index is 968. The third-order valence-corrected chi connectivity index (χ3v) is 10.6. The minimum Gasteiger partial charge on any atom is -0.543 e. The van der Waals surface area contributed by atoms with Crippen molar-refractivity contribution in [3.8, 4) is 5.75 Å². The quantitative estimate of drug-likeness (QED) is 0.387. The smallest absolute Gasteiger partial charge is 0.408 e. The fraction of sp³-hybridized carbons (Fsp3) is 0.577. The van der Waals surface area contributed by atoms with Crippen LogP contribution in [0.5, 0.6) is 5.75 Å². The lowest BCUT2D eigenvalue weighted by Crippen LogP contribution is -2.44. The maximum absolute atomic E-state index is 12.9. The summed E-state index contributed by atoms with van der Waals surface area (Å²) >= 11 is 0. The van der Waals surface area contributed by atoms with Gasteiger partial charge in [-0.2, -0.15) is 0 Å². The summed E-state index contributed by atoms with van der Waals surface area (Å²) in [6.07, 6.45) is 1.91. The van der Waals surface area contributed by atoms with E-state index in [0.29, 0.717) is 12.0 Å². The zero-order valence-corrected chi connectivity index (χ0v) is 23.0. The van der Waals surface area contributed by atoms with E-state index in [1.165, 1.54) is 7.11 Å². The van der Waals surface area contributed by atoms with Crippen LogP contribution in [-0.4, -0.2) is 44.9 Å². The summed E-state index contributed by atoms with van der Waals surface area (Å²) in [5.74, 6) is 0.150. The van der Waals surface area contributed by atoms with Gasteiger partial charge < -0.3 is 19.2 Å². The summed E-state index contributed by atoms with van der Waals surface area (Å²) in [7, 11) is -0.715. The second kappa shape index (κ2) is 10.3. The van der Waals surface area contributed by atoms with Crippen LogP contribution in [0.1, 0.15) is 65.5 Å². The van der Waals surface area contributed by atoms with Crippen LogP contribution in [0.4, 0.5) is 4.79 Å². The first-order valence-corrected chi connectivity index (χ1v) is 14.6. The van der Waals surface area contributed by atoms with Crippen LogP contribution in [0, 0.1) is 0 Å². The topological polar surface area (TPSA) is 90.9 Å². The molecule has 0 saturated carbocycles. The predicted molar refractivity (Wildman–Crippen MR) is 135 cm³/mol. The molecule has 0 spiro atoms. The van der Waals surface area contributed by atoms with Crippen molar-refractivity contribution in [3.63, 3.8) is 0 Å². The molecule has 0 saturated heterocycles. The van der Waals surface area contributed by atoms with Crippen molar-refractivity contribution in [1.82, 2.24) is 5.32 Å². The first-order chi connectivity index (χ1) is 15.5. The van der Waals surface area contributed by atoms with Crippen molar-refractivity contribution < 1.29 is 28.3 Å². The SMILES string of the molecule is COC(=O)C(CCC(=O)C1=Cc2ccc(O[Si](C)(C)C(C)(C)C)cc2C1)NC(=O)OC(C)(C)C. The van der Waals surface area contributed by atoms with Crippen LogP contribution in [0.3, 0.4) is 0 Å². The highest BCUT2D eigenvalue weighted by Gasteiger charge is 2.39.